The minimum atomic E-state index is -0.284. The largest absolute Gasteiger partial charge is 0.369 e. The standard InChI is InChI=1S/C20H22N4O3S/c21-17(25)12-8-10-24(11-9-12)19(27)14-6-7-15-16(14)22-20(28-15)23-18(26)13-4-2-1-3-5-13/h1-5,12,14H,6-11H2,(H2,21,25)(H,22,23,26). The van der Waals surface area contributed by atoms with Gasteiger partial charge in [0.25, 0.3) is 5.91 Å². The zero-order valence-electron chi connectivity index (χ0n) is 15.4. The molecule has 146 valence electrons. The number of nitrogens with zero attached hydrogens (tertiary/aromatic N) is 2. The van der Waals surface area contributed by atoms with Crippen LogP contribution < -0.4 is 11.1 Å². The Hall–Kier alpha value is -2.74. The lowest BCUT2D eigenvalue weighted by Gasteiger charge is -2.32. The third-order valence-electron chi connectivity index (χ3n) is 5.48. The number of nitrogens with one attached hydrogen (secondary N) is 1. The van der Waals surface area contributed by atoms with Crippen molar-refractivity contribution in [2.45, 2.75) is 31.6 Å². The number of hydrogen-bond donors (Lipinski definition) is 2. The van der Waals surface area contributed by atoms with Gasteiger partial charge in [0, 0.05) is 29.4 Å². The Bertz CT molecular complexity index is 903. The summed E-state index contributed by atoms with van der Waals surface area (Å²) in [5, 5.41) is 3.37. The lowest BCUT2D eigenvalue weighted by Crippen LogP contribution is -2.43. The molecule has 2 aromatic rings. The number of primary amides is 1. The highest BCUT2D eigenvalue weighted by molar-refractivity contribution is 7.16. The number of benzene rings is 1. The molecule has 3 amide bonds. The van der Waals surface area contributed by atoms with Crippen LogP contribution in [0.5, 0.6) is 0 Å². The molecule has 1 saturated heterocycles. The van der Waals surface area contributed by atoms with Crippen LogP contribution in [0.4, 0.5) is 5.13 Å². The highest BCUT2D eigenvalue weighted by Gasteiger charge is 2.37. The fraction of sp³-hybridized carbons (Fsp3) is 0.400. The molecule has 0 radical (unpaired) electrons. The van der Waals surface area contributed by atoms with Gasteiger partial charge >= 0.3 is 0 Å². The van der Waals surface area contributed by atoms with Gasteiger partial charge in [0.15, 0.2) is 5.13 Å². The molecule has 28 heavy (non-hydrogen) atoms. The number of aryl methyl sites for hydroxylation is 1. The van der Waals surface area contributed by atoms with Crippen molar-refractivity contribution in [3.05, 3.63) is 46.5 Å². The summed E-state index contributed by atoms with van der Waals surface area (Å²) in [7, 11) is 0. The number of piperidine rings is 1. The Labute approximate surface area is 166 Å². The highest BCUT2D eigenvalue weighted by Crippen LogP contribution is 2.39. The van der Waals surface area contributed by atoms with Crippen LogP contribution in [0.25, 0.3) is 0 Å². The van der Waals surface area contributed by atoms with Gasteiger partial charge in [-0.3, -0.25) is 19.7 Å². The van der Waals surface area contributed by atoms with E-state index in [1.54, 1.807) is 12.1 Å². The van der Waals surface area contributed by atoms with Crippen LogP contribution in [0.1, 0.15) is 46.1 Å². The Morgan fingerprint density at radius 1 is 1.11 bits per heavy atom. The Kier molecular flexibility index (Phi) is 5.13. The zero-order valence-corrected chi connectivity index (χ0v) is 16.2. The molecule has 7 nitrogen and oxygen atoms in total. The number of likely N-dealkylation sites (tertiary alicyclic amines) is 1. The first-order valence-corrected chi connectivity index (χ1v) is 10.3. The van der Waals surface area contributed by atoms with Gasteiger partial charge in [-0.2, -0.15) is 0 Å². The molecule has 2 heterocycles. The predicted molar refractivity (Wildman–Crippen MR) is 106 cm³/mol. The molecule has 1 atom stereocenters. The summed E-state index contributed by atoms with van der Waals surface area (Å²) in [4.78, 5) is 44.1. The Morgan fingerprint density at radius 3 is 2.50 bits per heavy atom. The van der Waals surface area contributed by atoms with Crippen LogP contribution in [0.3, 0.4) is 0 Å². The maximum Gasteiger partial charge on any atom is 0.257 e. The van der Waals surface area contributed by atoms with E-state index in [0.717, 1.165) is 23.4 Å². The van der Waals surface area contributed by atoms with Crippen LogP contribution in [0.2, 0.25) is 0 Å². The van der Waals surface area contributed by atoms with Crippen LogP contribution >= 0.6 is 11.3 Å². The van der Waals surface area contributed by atoms with Crippen molar-refractivity contribution in [1.82, 2.24) is 9.88 Å². The van der Waals surface area contributed by atoms with E-state index >= 15 is 0 Å². The van der Waals surface area contributed by atoms with E-state index in [-0.39, 0.29) is 29.6 Å². The van der Waals surface area contributed by atoms with E-state index in [1.165, 1.54) is 11.3 Å². The Morgan fingerprint density at radius 2 is 1.82 bits per heavy atom. The number of carbonyl (C=O) groups excluding carboxylic acids is 3. The van der Waals surface area contributed by atoms with Crippen LogP contribution in [0, 0.1) is 5.92 Å². The minimum Gasteiger partial charge on any atom is -0.369 e. The van der Waals surface area contributed by atoms with Crippen molar-refractivity contribution < 1.29 is 14.4 Å². The molecule has 4 rings (SSSR count). The third kappa shape index (κ3) is 3.64. The second kappa shape index (κ2) is 7.71. The summed E-state index contributed by atoms with van der Waals surface area (Å²) in [5.74, 6) is -0.827. The number of anilines is 1. The molecule has 3 N–H and O–H groups in total. The van der Waals surface area contributed by atoms with Crippen molar-refractivity contribution in [1.29, 1.82) is 0 Å². The fourth-order valence-corrected chi connectivity index (χ4v) is 4.92. The zero-order chi connectivity index (χ0) is 19.7. The molecule has 1 aliphatic carbocycles. The topological polar surface area (TPSA) is 105 Å². The molecule has 0 bridgehead atoms. The lowest BCUT2D eigenvalue weighted by atomic mass is 9.95. The van der Waals surface area contributed by atoms with E-state index in [2.05, 4.69) is 10.3 Å². The number of thiazole rings is 1. The lowest BCUT2D eigenvalue weighted by molar-refractivity contribution is -0.136. The molecule has 1 fully saturated rings. The number of fused-ring (bicyclic) bond motifs is 1. The Balaban J connectivity index is 1.43. The van der Waals surface area contributed by atoms with Gasteiger partial charge in [0.05, 0.1) is 11.6 Å². The molecule has 0 spiro atoms. The van der Waals surface area contributed by atoms with Gasteiger partial charge in [-0.25, -0.2) is 4.98 Å². The van der Waals surface area contributed by atoms with E-state index < -0.39 is 0 Å². The average molecular weight is 398 g/mol. The summed E-state index contributed by atoms with van der Waals surface area (Å²) in [6.45, 7) is 1.11. The second-order valence-corrected chi connectivity index (χ2v) is 8.32. The molecule has 1 aromatic heterocycles. The number of aromatic nitrogens is 1. The van der Waals surface area contributed by atoms with E-state index in [4.69, 9.17) is 5.73 Å². The smallest absolute Gasteiger partial charge is 0.257 e. The molecule has 1 unspecified atom stereocenters. The summed E-state index contributed by atoms with van der Waals surface area (Å²) in [6.07, 6.45) is 2.78. The predicted octanol–water partition coefficient (Wildman–Crippen LogP) is 2.15. The van der Waals surface area contributed by atoms with Gasteiger partial charge < -0.3 is 10.6 Å². The van der Waals surface area contributed by atoms with Crippen LogP contribution in [-0.4, -0.2) is 40.7 Å². The summed E-state index contributed by atoms with van der Waals surface area (Å²) >= 11 is 1.44. The van der Waals surface area contributed by atoms with Crippen molar-refractivity contribution in [2.75, 3.05) is 18.4 Å². The molecule has 1 aliphatic heterocycles. The summed E-state index contributed by atoms with van der Waals surface area (Å²) in [5.41, 5.74) is 6.73. The van der Waals surface area contributed by atoms with Gasteiger partial charge in [0.1, 0.15) is 0 Å². The SMILES string of the molecule is NC(=O)C1CCN(C(=O)C2CCc3sc(NC(=O)c4ccccc4)nc32)CC1. The number of amides is 3. The number of nitrogens with two attached hydrogens (primary N) is 1. The fourth-order valence-electron chi connectivity index (χ4n) is 3.88. The molecule has 1 aromatic carbocycles. The first-order valence-electron chi connectivity index (χ1n) is 9.47. The molecule has 0 saturated carbocycles. The van der Waals surface area contributed by atoms with Crippen molar-refractivity contribution in [3.8, 4) is 0 Å². The quantitative estimate of drug-likeness (QED) is 0.823. The van der Waals surface area contributed by atoms with Gasteiger partial charge in [-0.1, -0.05) is 18.2 Å². The van der Waals surface area contributed by atoms with Crippen molar-refractivity contribution in [2.24, 2.45) is 11.7 Å². The van der Waals surface area contributed by atoms with Crippen molar-refractivity contribution >= 4 is 34.2 Å². The molecule has 2 aliphatic rings. The third-order valence-corrected chi connectivity index (χ3v) is 6.53. The average Bonchev–Trinajstić information content (AvgIpc) is 3.28. The van der Waals surface area contributed by atoms with Crippen LogP contribution in [0.15, 0.2) is 30.3 Å². The second-order valence-electron chi connectivity index (χ2n) is 7.24. The maximum atomic E-state index is 13.0. The normalized spacial score (nSPS) is 19.3. The van der Waals surface area contributed by atoms with E-state index in [0.29, 0.717) is 36.6 Å². The molecule has 8 heteroatoms. The maximum absolute atomic E-state index is 13.0. The first-order chi connectivity index (χ1) is 13.5. The van der Waals surface area contributed by atoms with Crippen LogP contribution in [-0.2, 0) is 16.0 Å². The van der Waals surface area contributed by atoms with E-state index in [1.807, 2.05) is 23.1 Å². The number of hydrogen-bond acceptors (Lipinski definition) is 5. The monoisotopic (exact) mass is 398 g/mol. The highest BCUT2D eigenvalue weighted by atomic mass is 32.1. The van der Waals surface area contributed by atoms with Gasteiger partial charge in [-0.05, 0) is 37.8 Å². The van der Waals surface area contributed by atoms with E-state index in [9.17, 15) is 14.4 Å². The first kappa shape index (κ1) is 18.6. The van der Waals surface area contributed by atoms with Gasteiger partial charge in [-0.15, -0.1) is 11.3 Å². The number of rotatable bonds is 4. The summed E-state index contributed by atoms with van der Waals surface area (Å²) in [6, 6.07) is 8.98. The van der Waals surface area contributed by atoms with Crippen molar-refractivity contribution in [3.63, 3.8) is 0 Å². The molecular formula is C20H22N4O3S. The van der Waals surface area contributed by atoms with Gasteiger partial charge in [0.2, 0.25) is 11.8 Å². The number of carbonyl (C=O) groups is 3. The minimum absolute atomic E-state index is 0.0629. The molecular weight excluding hydrogens is 376 g/mol. The summed E-state index contributed by atoms with van der Waals surface area (Å²) < 4.78 is 0.